The van der Waals surface area contributed by atoms with Gasteiger partial charge in [-0.15, -0.1) is 0 Å². The summed E-state index contributed by atoms with van der Waals surface area (Å²) in [7, 11) is 1.79. The summed E-state index contributed by atoms with van der Waals surface area (Å²) in [6.07, 6.45) is 1.65. The molecule has 1 fully saturated rings. The van der Waals surface area contributed by atoms with Gasteiger partial charge < -0.3 is 10.2 Å². The van der Waals surface area contributed by atoms with E-state index in [1.165, 1.54) is 5.56 Å². The molecule has 1 aliphatic rings. The van der Waals surface area contributed by atoms with Crippen molar-refractivity contribution in [3.8, 4) is 0 Å². The zero-order valence-corrected chi connectivity index (χ0v) is 14.3. The monoisotopic (exact) mass is 320 g/mol. The SMILES string of the molecule is CCC(c1ccccc1)N1CCN(C(=NC)NCCCF)CC1. The Morgan fingerprint density at radius 2 is 1.91 bits per heavy atom. The Kier molecular flexibility index (Phi) is 7.33. The Bertz CT molecular complexity index is 469. The molecule has 1 aromatic carbocycles. The van der Waals surface area contributed by atoms with Gasteiger partial charge in [-0.1, -0.05) is 37.3 Å². The highest BCUT2D eigenvalue weighted by atomic mass is 19.1. The van der Waals surface area contributed by atoms with Gasteiger partial charge >= 0.3 is 0 Å². The van der Waals surface area contributed by atoms with Crippen molar-refractivity contribution < 1.29 is 4.39 Å². The average Bonchev–Trinajstić information content (AvgIpc) is 2.61. The van der Waals surface area contributed by atoms with Crippen LogP contribution in [0.1, 0.15) is 31.4 Å². The van der Waals surface area contributed by atoms with Crippen molar-refractivity contribution >= 4 is 5.96 Å². The zero-order chi connectivity index (χ0) is 16.5. The Balaban J connectivity index is 1.89. The molecule has 0 radical (unpaired) electrons. The van der Waals surface area contributed by atoms with Crippen molar-refractivity contribution in [3.05, 3.63) is 35.9 Å². The number of halogens is 1. The number of nitrogens with one attached hydrogen (secondary N) is 1. The molecule has 1 heterocycles. The molecule has 2 rings (SSSR count). The second kappa shape index (κ2) is 9.50. The molecule has 0 spiro atoms. The highest BCUT2D eigenvalue weighted by molar-refractivity contribution is 5.79. The standard InChI is InChI=1S/C18H29FN4/c1-3-17(16-8-5-4-6-9-16)22-12-14-23(15-13-22)18(20-2)21-11-7-10-19/h4-6,8-9,17H,3,7,10-15H2,1-2H3,(H,20,21). The lowest BCUT2D eigenvalue weighted by Gasteiger charge is -2.40. The van der Waals surface area contributed by atoms with Crippen molar-refractivity contribution in [2.45, 2.75) is 25.8 Å². The molecule has 0 saturated carbocycles. The molecule has 1 aliphatic heterocycles. The van der Waals surface area contributed by atoms with E-state index in [0.29, 0.717) is 19.0 Å². The first-order chi connectivity index (χ1) is 11.3. The number of benzene rings is 1. The van der Waals surface area contributed by atoms with Gasteiger partial charge in [0.05, 0.1) is 6.67 Å². The first kappa shape index (κ1) is 17.7. The number of guanidine groups is 1. The number of piperazine rings is 1. The largest absolute Gasteiger partial charge is 0.356 e. The maximum Gasteiger partial charge on any atom is 0.193 e. The molecule has 1 unspecified atom stereocenters. The highest BCUT2D eigenvalue weighted by Crippen LogP contribution is 2.25. The summed E-state index contributed by atoms with van der Waals surface area (Å²) in [5.41, 5.74) is 1.40. The van der Waals surface area contributed by atoms with Crippen LogP contribution >= 0.6 is 0 Å². The van der Waals surface area contributed by atoms with Gasteiger partial charge in [-0.3, -0.25) is 14.3 Å². The van der Waals surface area contributed by atoms with Crippen LogP contribution in [-0.2, 0) is 0 Å². The summed E-state index contributed by atoms with van der Waals surface area (Å²) in [5, 5.41) is 3.25. The van der Waals surface area contributed by atoms with Crippen LogP contribution < -0.4 is 5.32 Å². The van der Waals surface area contributed by atoms with Gasteiger partial charge in [-0.25, -0.2) is 0 Å². The number of aliphatic imine (C=N–C) groups is 1. The van der Waals surface area contributed by atoms with Gasteiger partial charge in [0.1, 0.15) is 0 Å². The average molecular weight is 320 g/mol. The second-order valence-electron chi connectivity index (χ2n) is 5.87. The fourth-order valence-electron chi connectivity index (χ4n) is 3.22. The third-order valence-corrected chi connectivity index (χ3v) is 4.43. The van der Waals surface area contributed by atoms with Gasteiger partial charge in [0.25, 0.3) is 0 Å². The van der Waals surface area contributed by atoms with Gasteiger partial charge in [-0.2, -0.15) is 0 Å². The van der Waals surface area contributed by atoms with Crippen molar-refractivity contribution in [3.63, 3.8) is 0 Å². The highest BCUT2D eigenvalue weighted by Gasteiger charge is 2.25. The first-order valence-electron chi connectivity index (χ1n) is 8.60. The van der Waals surface area contributed by atoms with E-state index < -0.39 is 0 Å². The topological polar surface area (TPSA) is 30.9 Å². The van der Waals surface area contributed by atoms with Crippen LogP contribution in [0.4, 0.5) is 4.39 Å². The molecular formula is C18H29FN4. The van der Waals surface area contributed by atoms with Crippen LogP contribution in [0.25, 0.3) is 0 Å². The summed E-state index contributed by atoms with van der Waals surface area (Å²) in [5.74, 6) is 0.894. The molecule has 23 heavy (non-hydrogen) atoms. The predicted octanol–water partition coefficient (Wildman–Crippen LogP) is 2.69. The van der Waals surface area contributed by atoms with Crippen LogP contribution in [-0.4, -0.2) is 62.2 Å². The van der Waals surface area contributed by atoms with E-state index in [4.69, 9.17) is 0 Å². The minimum absolute atomic E-state index is 0.285. The summed E-state index contributed by atoms with van der Waals surface area (Å²) >= 11 is 0. The van der Waals surface area contributed by atoms with Crippen molar-refractivity contribution in [2.24, 2.45) is 4.99 Å². The van der Waals surface area contributed by atoms with E-state index in [0.717, 1.165) is 38.6 Å². The van der Waals surface area contributed by atoms with Crippen LogP contribution in [0.5, 0.6) is 0 Å². The molecule has 1 saturated heterocycles. The Labute approximate surface area is 139 Å². The van der Waals surface area contributed by atoms with Crippen molar-refractivity contribution in [2.75, 3.05) is 46.4 Å². The number of nitrogens with zero attached hydrogens (tertiary/aromatic N) is 3. The minimum Gasteiger partial charge on any atom is -0.356 e. The van der Waals surface area contributed by atoms with E-state index >= 15 is 0 Å². The quantitative estimate of drug-likeness (QED) is 0.497. The maximum absolute atomic E-state index is 12.2. The number of hydrogen-bond donors (Lipinski definition) is 1. The van der Waals surface area contributed by atoms with Crippen LogP contribution in [0, 0.1) is 0 Å². The number of rotatable bonds is 6. The smallest absolute Gasteiger partial charge is 0.193 e. The summed E-state index contributed by atoms with van der Waals surface area (Å²) in [6, 6.07) is 11.2. The lowest BCUT2D eigenvalue weighted by Crippen LogP contribution is -2.53. The van der Waals surface area contributed by atoms with E-state index in [1.54, 1.807) is 7.05 Å². The molecule has 128 valence electrons. The molecule has 0 aliphatic carbocycles. The molecule has 1 N–H and O–H groups in total. The van der Waals surface area contributed by atoms with Crippen LogP contribution in [0.2, 0.25) is 0 Å². The lowest BCUT2D eigenvalue weighted by molar-refractivity contribution is 0.127. The summed E-state index contributed by atoms with van der Waals surface area (Å²) in [6.45, 7) is 6.57. The molecule has 0 aromatic heterocycles. The Hall–Kier alpha value is -1.62. The minimum atomic E-state index is -0.285. The fourth-order valence-corrected chi connectivity index (χ4v) is 3.22. The van der Waals surface area contributed by atoms with Gasteiger partial charge in [-0.05, 0) is 18.4 Å². The van der Waals surface area contributed by atoms with E-state index in [9.17, 15) is 4.39 Å². The first-order valence-corrected chi connectivity index (χ1v) is 8.60. The molecule has 0 amide bonds. The van der Waals surface area contributed by atoms with E-state index in [2.05, 4.69) is 57.4 Å². The van der Waals surface area contributed by atoms with Crippen LogP contribution in [0.15, 0.2) is 35.3 Å². The molecule has 4 nitrogen and oxygen atoms in total. The maximum atomic E-state index is 12.2. The van der Waals surface area contributed by atoms with Gasteiger partial charge in [0, 0.05) is 45.8 Å². The van der Waals surface area contributed by atoms with E-state index in [1.807, 2.05) is 0 Å². The molecule has 5 heteroatoms. The van der Waals surface area contributed by atoms with Gasteiger partial charge in [0.15, 0.2) is 5.96 Å². The van der Waals surface area contributed by atoms with Crippen molar-refractivity contribution in [1.29, 1.82) is 0 Å². The third-order valence-electron chi connectivity index (χ3n) is 4.43. The Morgan fingerprint density at radius 1 is 1.22 bits per heavy atom. The summed E-state index contributed by atoms with van der Waals surface area (Å²) < 4.78 is 12.2. The fraction of sp³-hybridized carbons (Fsp3) is 0.611. The van der Waals surface area contributed by atoms with E-state index in [-0.39, 0.29) is 6.67 Å². The van der Waals surface area contributed by atoms with Crippen molar-refractivity contribution in [1.82, 2.24) is 15.1 Å². The normalized spacial score (nSPS) is 18.0. The summed E-state index contributed by atoms with van der Waals surface area (Å²) in [4.78, 5) is 9.15. The molecule has 0 bridgehead atoms. The Morgan fingerprint density at radius 3 is 2.48 bits per heavy atom. The molecule has 1 aromatic rings. The van der Waals surface area contributed by atoms with Gasteiger partial charge in [0.2, 0.25) is 0 Å². The molecular weight excluding hydrogens is 291 g/mol. The third kappa shape index (κ3) is 4.93. The molecule has 1 atom stereocenters. The number of hydrogen-bond acceptors (Lipinski definition) is 2. The lowest BCUT2D eigenvalue weighted by atomic mass is 10.0. The predicted molar refractivity (Wildman–Crippen MR) is 94.6 cm³/mol. The van der Waals surface area contributed by atoms with Crippen LogP contribution in [0.3, 0.4) is 0 Å². The second-order valence-corrected chi connectivity index (χ2v) is 5.87. The number of alkyl halides is 1. The zero-order valence-electron chi connectivity index (χ0n) is 14.3.